The molecule has 1 aromatic heterocycles. The van der Waals surface area contributed by atoms with Gasteiger partial charge in [-0.15, -0.1) is 0 Å². The van der Waals surface area contributed by atoms with Crippen LogP contribution in [0.4, 0.5) is 8.78 Å². The van der Waals surface area contributed by atoms with Gasteiger partial charge in [-0.2, -0.15) is 4.39 Å². The molecule has 1 aliphatic rings. The molecule has 134 valence electrons. The maximum absolute atomic E-state index is 14.3. The molecular weight excluding hydrogens is 362 g/mol. The summed E-state index contributed by atoms with van der Waals surface area (Å²) in [5, 5.41) is 0.175. The highest BCUT2D eigenvalue weighted by atomic mass is 32.2. The lowest BCUT2D eigenvalue weighted by Gasteiger charge is -2.12. The van der Waals surface area contributed by atoms with Crippen LogP contribution < -0.4 is 20.2 Å². The van der Waals surface area contributed by atoms with Gasteiger partial charge in [-0.3, -0.25) is 0 Å². The zero-order valence-corrected chi connectivity index (χ0v) is 15.0. The van der Waals surface area contributed by atoms with E-state index in [-0.39, 0.29) is 16.5 Å². The Morgan fingerprint density at radius 1 is 1.00 bits per heavy atom. The molecule has 26 heavy (non-hydrogen) atoms. The summed E-state index contributed by atoms with van der Waals surface area (Å²) < 4.78 is 47.0. The van der Waals surface area contributed by atoms with Crippen LogP contribution in [0.1, 0.15) is 5.56 Å². The van der Waals surface area contributed by atoms with Crippen LogP contribution in [0.15, 0.2) is 38.1 Å². The largest absolute Gasteiger partial charge is 0.493 e. The molecule has 0 amide bonds. The smallest absolute Gasteiger partial charge is 0.232 e. The average Bonchev–Trinajstić information content (AvgIpc) is 3.07. The maximum atomic E-state index is 14.3. The van der Waals surface area contributed by atoms with Crippen molar-refractivity contribution in [2.75, 3.05) is 14.2 Å². The molecule has 1 aliphatic heterocycles. The number of ether oxygens (including phenoxy) is 2. The zero-order valence-electron chi connectivity index (χ0n) is 14.1. The van der Waals surface area contributed by atoms with Gasteiger partial charge in [0, 0.05) is 6.07 Å². The number of hydrogen-bond acceptors (Lipinski definition) is 6. The van der Waals surface area contributed by atoms with Crippen LogP contribution in [-0.4, -0.2) is 24.2 Å². The van der Waals surface area contributed by atoms with Gasteiger partial charge >= 0.3 is 0 Å². The normalized spacial score (nSPS) is 16.7. The Bertz CT molecular complexity index is 1170. The van der Waals surface area contributed by atoms with Gasteiger partial charge in [0.2, 0.25) is 11.7 Å². The second kappa shape index (κ2) is 6.17. The van der Waals surface area contributed by atoms with E-state index in [2.05, 4.69) is 18.8 Å². The number of hydrogen-bond donors (Lipinski definition) is 1. The van der Waals surface area contributed by atoms with Crippen LogP contribution in [0.25, 0.3) is 11.0 Å². The van der Waals surface area contributed by atoms with E-state index in [1.807, 2.05) is 19.1 Å². The lowest BCUT2D eigenvalue weighted by atomic mass is 10.2. The summed E-state index contributed by atoms with van der Waals surface area (Å²) in [4.78, 5) is 9.50. The van der Waals surface area contributed by atoms with E-state index in [4.69, 9.17) is 9.47 Å². The number of thiol groups is 1. The number of benzene rings is 2. The predicted octanol–water partition coefficient (Wildman–Crippen LogP) is 2.38. The van der Waals surface area contributed by atoms with Crippen LogP contribution in [-0.2, 0) is 0 Å². The summed E-state index contributed by atoms with van der Waals surface area (Å²) in [6.45, 7) is 1.91. The van der Waals surface area contributed by atoms with Gasteiger partial charge in [0.05, 0.1) is 30.8 Å². The molecule has 0 N–H and O–H groups in total. The number of rotatable bonds is 3. The Morgan fingerprint density at radius 2 is 1.81 bits per heavy atom. The molecule has 0 saturated heterocycles. The Balaban J connectivity index is 1.94. The summed E-state index contributed by atoms with van der Waals surface area (Å²) in [6.07, 6.45) is 1.50. The molecule has 9 heteroatoms. The van der Waals surface area contributed by atoms with Crippen molar-refractivity contribution >= 4 is 22.3 Å². The molecule has 2 heterocycles. The Labute approximate surface area is 149 Å². The van der Waals surface area contributed by atoms with Crippen molar-refractivity contribution in [1.82, 2.24) is 9.97 Å². The number of aryl methyl sites for hydroxylation is 1. The third kappa shape index (κ3) is 2.55. The van der Waals surface area contributed by atoms with Gasteiger partial charge in [0.15, 0.2) is 11.6 Å². The van der Waals surface area contributed by atoms with Crippen LogP contribution in [0, 0.1) is 18.6 Å². The minimum atomic E-state index is -1.50. The van der Waals surface area contributed by atoms with E-state index in [0.717, 1.165) is 10.5 Å². The molecule has 2 aromatic carbocycles. The Kier molecular flexibility index (Phi) is 3.95. The highest BCUT2D eigenvalue weighted by Gasteiger charge is 2.21. The average molecular weight is 376 g/mol. The van der Waals surface area contributed by atoms with Crippen molar-refractivity contribution in [3.8, 4) is 11.6 Å². The van der Waals surface area contributed by atoms with Gasteiger partial charge in [-0.05, 0) is 35.9 Å². The molecule has 3 aromatic rings. The van der Waals surface area contributed by atoms with Crippen molar-refractivity contribution in [3.63, 3.8) is 0 Å². The number of aromatic nitrogens is 2. The summed E-state index contributed by atoms with van der Waals surface area (Å²) in [7, 11) is 2.79. The molecule has 1 unspecified atom stereocenters. The van der Waals surface area contributed by atoms with Crippen molar-refractivity contribution in [2.24, 2.45) is 8.80 Å². The van der Waals surface area contributed by atoms with Crippen LogP contribution in [0.3, 0.4) is 0 Å². The van der Waals surface area contributed by atoms with E-state index in [0.29, 0.717) is 16.9 Å². The Morgan fingerprint density at radius 3 is 2.54 bits per heavy atom. The highest BCUT2D eigenvalue weighted by molar-refractivity contribution is 8.14. The fraction of sp³-hybridized carbons (Fsp3) is 0.176. The quantitative estimate of drug-likeness (QED) is 0.713. The molecule has 0 aliphatic carbocycles. The third-order valence-electron chi connectivity index (χ3n) is 3.92. The first-order valence-corrected chi connectivity index (χ1v) is 8.87. The second-order valence-corrected chi connectivity index (χ2v) is 7.09. The minimum absolute atomic E-state index is 0.0921. The SMILES string of the molecule is COc1cnc2c([SH]3N=c4cc(OC)c(F)c(F)c4=N3)cc(C)cc2n1. The summed E-state index contributed by atoms with van der Waals surface area (Å²) in [5.74, 6) is -1.93. The summed E-state index contributed by atoms with van der Waals surface area (Å²) in [6, 6.07) is 5.11. The molecule has 0 fully saturated rings. The molecule has 6 nitrogen and oxygen atoms in total. The molecule has 1 atom stereocenters. The van der Waals surface area contributed by atoms with Crippen molar-refractivity contribution in [1.29, 1.82) is 0 Å². The monoisotopic (exact) mass is 376 g/mol. The van der Waals surface area contributed by atoms with Crippen LogP contribution in [0.2, 0.25) is 0 Å². The molecule has 0 saturated carbocycles. The topological polar surface area (TPSA) is 69.0 Å². The first-order chi connectivity index (χ1) is 12.5. The van der Waals surface area contributed by atoms with Gasteiger partial charge < -0.3 is 9.47 Å². The van der Waals surface area contributed by atoms with E-state index in [1.54, 1.807) is 0 Å². The van der Waals surface area contributed by atoms with E-state index >= 15 is 0 Å². The lowest BCUT2D eigenvalue weighted by Crippen LogP contribution is -2.27. The molecule has 0 radical (unpaired) electrons. The van der Waals surface area contributed by atoms with Gasteiger partial charge in [-0.25, -0.2) is 23.2 Å². The van der Waals surface area contributed by atoms with Crippen LogP contribution >= 0.6 is 11.3 Å². The van der Waals surface area contributed by atoms with Gasteiger partial charge in [0.25, 0.3) is 0 Å². The zero-order chi connectivity index (χ0) is 18.4. The maximum Gasteiger partial charge on any atom is 0.232 e. The number of fused-ring (bicyclic) bond motifs is 2. The molecule has 0 bridgehead atoms. The van der Waals surface area contributed by atoms with Gasteiger partial charge in [0.1, 0.15) is 16.2 Å². The van der Waals surface area contributed by atoms with E-state index in [1.165, 1.54) is 26.5 Å². The number of methoxy groups -OCH3 is 2. The molecule has 0 spiro atoms. The number of nitrogens with zero attached hydrogens (tertiary/aromatic N) is 4. The van der Waals surface area contributed by atoms with Crippen molar-refractivity contribution in [2.45, 2.75) is 11.8 Å². The molecule has 4 rings (SSSR count). The summed E-state index contributed by atoms with van der Waals surface area (Å²) in [5.41, 5.74) is 2.17. The number of halogens is 2. The molecular formula is C17H14F2N4O2S. The lowest BCUT2D eigenvalue weighted by molar-refractivity contribution is 0.369. The van der Waals surface area contributed by atoms with Gasteiger partial charge in [-0.1, -0.05) is 0 Å². The fourth-order valence-corrected chi connectivity index (χ4v) is 4.38. The Hall–Kier alpha value is -2.81. The third-order valence-corrected chi connectivity index (χ3v) is 5.48. The fourth-order valence-electron chi connectivity index (χ4n) is 2.70. The standard InChI is InChI=1S/C17H14F2N4O2S/c1-8-4-9-16(20-7-13(21-9)25-3)12(5-8)26-22-10-6-11(24-2)14(18)15(19)17(10)23-26/h4-7,26H,1-3H3. The first-order valence-electron chi connectivity index (χ1n) is 7.62. The minimum Gasteiger partial charge on any atom is -0.493 e. The highest BCUT2D eigenvalue weighted by Crippen LogP contribution is 2.43. The van der Waals surface area contributed by atoms with E-state index in [9.17, 15) is 8.78 Å². The first kappa shape index (κ1) is 16.6. The van der Waals surface area contributed by atoms with E-state index < -0.39 is 22.9 Å². The van der Waals surface area contributed by atoms with Crippen molar-refractivity contribution < 1.29 is 18.3 Å². The summed E-state index contributed by atoms with van der Waals surface area (Å²) >= 11 is -1.50. The van der Waals surface area contributed by atoms with Crippen molar-refractivity contribution in [3.05, 3.63) is 52.3 Å². The van der Waals surface area contributed by atoms with Crippen LogP contribution in [0.5, 0.6) is 11.6 Å². The predicted molar refractivity (Wildman–Crippen MR) is 93.3 cm³/mol. The second-order valence-electron chi connectivity index (χ2n) is 5.63.